The molecule has 0 saturated heterocycles. The zero-order valence-corrected chi connectivity index (χ0v) is 16.9. The summed E-state index contributed by atoms with van der Waals surface area (Å²) < 4.78 is 9.72. The molecule has 26 heavy (non-hydrogen) atoms. The van der Waals surface area contributed by atoms with Crippen LogP contribution in [0, 0.1) is 11.3 Å². The van der Waals surface area contributed by atoms with Gasteiger partial charge in [-0.25, -0.2) is 4.79 Å². The minimum atomic E-state index is -0.585. The van der Waals surface area contributed by atoms with Crippen molar-refractivity contribution < 1.29 is 23.9 Å². The monoisotopic (exact) mass is 381 g/mol. The smallest absolute Gasteiger partial charge is 0.341 e. The first-order chi connectivity index (χ1) is 12.2. The van der Waals surface area contributed by atoms with E-state index in [0.29, 0.717) is 16.5 Å². The van der Waals surface area contributed by atoms with Crippen molar-refractivity contribution in [2.75, 3.05) is 19.0 Å². The molecular formula is C19H27NO5S. The van der Waals surface area contributed by atoms with E-state index in [1.165, 1.54) is 18.4 Å². The molecule has 1 atom stereocenters. The van der Waals surface area contributed by atoms with E-state index in [9.17, 15) is 14.4 Å². The van der Waals surface area contributed by atoms with Crippen molar-refractivity contribution in [1.82, 2.24) is 0 Å². The van der Waals surface area contributed by atoms with Crippen LogP contribution in [-0.4, -0.2) is 31.6 Å². The van der Waals surface area contributed by atoms with Crippen LogP contribution in [0.1, 0.15) is 61.3 Å². The number of methoxy groups -OCH3 is 1. The first-order valence-electron chi connectivity index (χ1n) is 8.85. The summed E-state index contributed by atoms with van der Waals surface area (Å²) >= 11 is 1.41. The lowest BCUT2D eigenvalue weighted by Crippen LogP contribution is -2.26. The SMILES string of the molecule is CCOC(=O)CC(=O)Nc1sc2c(c1C(=O)OC)CCC(C(C)(C)C)C2. The number of ether oxygens (including phenoxy) is 2. The number of esters is 2. The number of amides is 1. The number of carbonyl (C=O) groups is 3. The molecular weight excluding hydrogens is 354 g/mol. The molecule has 1 N–H and O–H groups in total. The van der Waals surface area contributed by atoms with Gasteiger partial charge in [-0.2, -0.15) is 0 Å². The molecule has 0 bridgehead atoms. The van der Waals surface area contributed by atoms with Gasteiger partial charge in [0.05, 0.1) is 19.3 Å². The van der Waals surface area contributed by atoms with Gasteiger partial charge in [-0.1, -0.05) is 20.8 Å². The van der Waals surface area contributed by atoms with Gasteiger partial charge in [0, 0.05) is 4.88 Å². The molecule has 0 aromatic carbocycles. The number of fused-ring (bicyclic) bond motifs is 1. The topological polar surface area (TPSA) is 81.7 Å². The first-order valence-corrected chi connectivity index (χ1v) is 9.67. The van der Waals surface area contributed by atoms with Crippen LogP contribution in [0.5, 0.6) is 0 Å². The Morgan fingerprint density at radius 3 is 2.54 bits per heavy atom. The highest BCUT2D eigenvalue weighted by molar-refractivity contribution is 7.17. The summed E-state index contributed by atoms with van der Waals surface area (Å²) in [6.07, 6.45) is 2.28. The summed E-state index contributed by atoms with van der Waals surface area (Å²) in [4.78, 5) is 37.0. The van der Waals surface area contributed by atoms with Crippen LogP contribution in [-0.2, 0) is 31.9 Å². The predicted octanol–water partition coefficient (Wildman–Crippen LogP) is 3.58. The van der Waals surface area contributed by atoms with E-state index in [4.69, 9.17) is 9.47 Å². The maximum atomic E-state index is 12.3. The Hall–Kier alpha value is -1.89. The molecule has 1 aromatic heterocycles. The normalized spacial score (nSPS) is 16.6. The number of hydrogen-bond acceptors (Lipinski definition) is 6. The fourth-order valence-electron chi connectivity index (χ4n) is 3.25. The quantitative estimate of drug-likeness (QED) is 0.623. The molecule has 0 saturated carbocycles. The van der Waals surface area contributed by atoms with Gasteiger partial charge < -0.3 is 14.8 Å². The first kappa shape index (κ1) is 20.4. The van der Waals surface area contributed by atoms with E-state index in [1.54, 1.807) is 6.92 Å². The molecule has 0 aliphatic heterocycles. The average Bonchev–Trinajstić information content (AvgIpc) is 2.90. The summed E-state index contributed by atoms with van der Waals surface area (Å²) in [6.45, 7) is 8.57. The van der Waals surface area contributed by atoms with E-state index in [1.807, 2.05) is 0 Å². The maximum absolute atomic E-state index is 12.3. The van der Waals surface area contributed by atoms with Crippen molar-refractivity contribution >= 4 is 34.2 Å². The summed E-state index contributed by atoms with van der Waals surface area (Å²) in [5.41, 5.74) is 1.58. The van der Waals surface area contributed by atoms with Gasteiger partial charge in [-0.05, 0) is 43.1 Å². The fraction of sp³-hybridized carbons (Fsp3) is 0.632. The van der Waals surface area contributed by atoms with Crippen LogP contribution < -0.4 is 5.32 Å². The molecule has 144 valence electrons. The predicted molar refractivity (Wildman–Crippen MR) is 101 cm³/mol. The molecule has 7 heteroatoms. The van der Waals surface area contributed by atoms with E-state index < -0.39 is 17.8 Å². The molecule has 1 aliphatic rings. The minimum Gasteiger partial charge on any atom is -0.466 e. The van der Waals surface area contributed by atoms with Crippen molar-refractivity contribution in [1.29, 1.82) is 0 Å². The third kappa shape index (κ3) is 4.63. The lowest BCUT2D eigenvalue weighted by atomic mass is 9.72. The summed E-state index contributed by atoms with van der Waals surface area (Å²) in [5.74, 6) is -1.01. The maximum Gasteiger partial charge on any atom is 0.341 e. The number of nitrogens with one attached hydrogen (secondary N) is 1. The average molecular weight is 381 g/mol. The molecule has 1 aliphatic carbocycles. The van der Waals surface area contributed by atoms with Crippen molar-refractivity contribution in [3.8, 4) is 0 Å². The highest BCUT2D eigenvalue weighted by Gasteiger charge is 2.34. The Balaban J connectivity index is 2.26. The van der Waals surface area contributed by atoms with Crippen molar-refractivity contribution in [3.63, 3.8) is 0 Å². The Morgan fingerprint density at radius 1 is 1.27 bits per heavy atom. The third-order valence-corrected chi connectivity index (χ3v) is 5.91. The zero-order chi connectivity index (χ0) is 19.5. The van der Waals surface area contributed by atoms with Crippen LogP contribution in [0.15, 0.2) is 0 Å². The molecule has 0 radical (unpaired) electrons. The number of carbonyl (C=O) groups excluding carboxylic acids is 3. The van der Waals surface area contributed by atoms with Crippen molar-refractivity contribution in [3.05, 3.63) is 16.0 Å². The number of thiophene rings is 1. The van der Waals surface area contributed by atoms with E-state index in [-0.39, 0.29) is 18.4 Å². The summed E-state index contributed by atoms with van der Waals surface area (Å²) in [6, 6.07) is 0. The molecule has 1 aromatic rings. The summed E-state index contributed by atoms with van der Waals surface area (Å²) in [7, 11) is 1.33. The van der Waals surface area contributed by atoms with Crippen molar-refractivity contribution in [2.24, 2.45) is 11.3 Å². The van der Waals surface area contributed by atoms with Gasteiger partial charge in [-0.3, -0.25) is 9.59 Å². The second-order valence-electron chi connectivity index (χ2n) is 7.54. The number of hydrogen-bond donors (Lipinski definition) is 1. The minimum absolute atomic E-state index is 0.181. The fourth-order valence-corrected chi connectivity index (χ4v) is 4.58. The van der Waals surface area contributed by atoms with Gasteiger partial charge in [0.15, 0.2) is 0 Å². The molecule has 6 nitrogen and oxygen atoms in total. The molecule has 2 rings (SSSR count). The molecule has 1 heterocycles. The largest absolute Gasteiger partial charge is 0.466 e. The molecule has 0 spiro atoms. The van der Waals surface area contributed by atoms with Crippen LogP contribution in [0.4, 0.5) is 5.00 Å². The van der Waals surface area contributed by atoms with E-state index in [2.05, 4.69) is 26.1 Å². The van der Waals surface area contributed by atoms with E-state index >= 15 is 0 Å². The van der Waals surface area contributed by atoms with Crippen LogP contribution in [0.3, 0.4) is 0 Å². The van der Waals surface area contributed by atoms with Gasteiger partial charge in [0.25, 0.3) is 0 Å². The Labute approximate surface area is 158 Å². The molecule has 0 fully saturated rings. The Kier molecular flexibility index (Phi) is 6.44. The molecule has 1 unspecified atom stereocenters. The Morgan fingerprint density at radius 2 is 1.96 bits per heavy atom. The van der Waals surface area contributed by atoms with Crippen LogP contribution in [0.25, 0.3) is 0 Å². The van der Waals surface area contributed by atoms with Crippen LogP contribution >= 0.6 is 11.3 Å². The lowest BCUT2D eigenvalue weighted by molar-refractivity contribution is -0.145. The highest BCUT2D eigenvalue weighted by atomic mass is 32.1. The van der Waals surface area contributed by atoms with Crippen molar-refractivity contribution in [2.45, 2.75) is 53.4 Å². The lowest BCUT2D eigenvalue weighted by Gasteiger charge is -2.33. The third-order valence-electron chi connectivity index (χ3n) is 4.74. The van der Waals surface area contributed by atoms with Gasteiger partial charge >= 0.3 is 11.9 Å². The molecule has 1 amide bonds. The van der Waals surface area contributed by atoms with Gasteiger partial charge in [0.2, 0.25) is 5.91 Å². The zero-order valence-electron chi connectivity index (χ0n) is 16.1. The number of rotatable bonds is 5. The summed E-state index contributed by atoms with van der Waals surface area (Å²) in [5, 5.41) is 3.17. The van der Waals surface area contributed by atoms with Gasteiger partial charge in [-0.15, -0.1) is 11.3 Å². The second kappa shape index (κ2) is 8.20. The highest BCUT2D eigenvalue weighted by Crippen LogP contribution is 2.44. The Bertz CT molecular complexity index is 702. The van der Waals surface area contributed by atoms with Gasteiger partial charge in [0.1, 0.15) is 11.4 Å². The van der Waals surface area contributed by atoms with Crippen LogP contribution in [0.2, 0.25) is 0 Å². The second-order valence-corrected chi connectivity index (χ2v) is 8.64. The standard InChI is InChI=1S/C19H27NO5S/c1-6-25-15(22)10-14(21)20-17-16(18(23)24-5)12-8-7-11(19(2,3)4)9-13(12)26-17/h11H,6-10H2,1-5H3,(H,20,21). The number of anilines is 1. The van der Waals surface area contributed by atoms with E-state index in [0.717, 1.165) is 29.7 Å².